The van der Waals surface area contributed by atoms with Gasteiger partial charge in [-0.25, -0.2) is 5.43 Å². The number of hydrogen-bond donors (Lipinski definition) is 3. The Kier molecular flexibility index (Phi) is 10.9. The van der Waals surface area contributed by atoms with Crippen LogP contribution in [0.15, 0.2) is 59.7 Å². The molecule has 3 N–H and O–H groups in total. The third kappa shape index (κ3) is 8.81. The molecule has 204 valence electrons. The number of anilines is 1. The van der Waals surface area contributed by atoms with E-state index in [0.717, 1.165) is 27.9 Å². The highest BCUT2D eigenvalue weighted by Gasteiger charge is 2.15. The normalized spacial score (nSPS) is 10.7. The molecule has 3 aromatic carbocycles. The monoisotopic (exact) mass is 642 g/mol. The van der Waals surface area contributed by atoms with Crippen LogP contribution in [-0.2, 0) is 20.9 Å². The fourth-order valence-electron chi connectivity index (χ4n) is 3.46. The zero-order valence-electron chi connectivity index (χ0n) is 22.3. The highest BCUT2D eigenvalue weighted by Crippen LogP contribution is 2.34. The number of carbonyl (C=O) groups is 3. The van der Waals surface area contributed by atoms with E-state index in [9.17, 15) is 14.4 Å². The molecule has 39 heavy (non-hydrogen) atoms. The van der Waals surface area contributed by atoms with Gasteiger partial charge in [-0.1, -0.05) is 42.0 Å². The minimum Gasteiger partial charge on any atom is -0.490 e. The van der Waals surface area contributed by atoms with Crippen LogP contribution in [-0.4, -0.2) is 37.1 Å². The van der Waals surface area contributed by atoms with Gasteiger partial charge in [-0.2, -0.15) is 5.10 Å². The summed E-state index contributed by atoms with van der Waals surface area (Å²) in [5.74, 6) is -1.12. The van der Waals surface area contributed by atoms with E-state index in [1.807, 2.05) is 70.2 Å². The van der Waals surface area contributed by atoms with Crippen molar-refractivity contribution in [1.29, 1.82) is 0 Å². The van der Waals surface area contributed by atoms with Gasteiger partial charge in [-0.05, 0) is 90.7 Å². The van der Waals surface area contributed by atoms with Crippen molar-refractivity contribution in [2.75, 3.05) is 18.5 Å². The van der Waals surface area contributed by atoms with Gasteiger partial charge in [0.25, 0.3) is 5.91 Å². The Morgan fingerprint density at radius 3 is 2.44 bits per heavy atom. The van der Waals surface area contributed by atoms with Gasteiger partial charge in [0.1, 0.15) is 0 Å². The van der Waals surface area contributed by atoms with Crippen LogP contribution >= 0.6 is 22.6 Å². The molecule has 10 heteroatoms. The van der Waals surface area contributed by atoms with Crippen molar-refractivity contribution in [2.24, 2.45) is 5.10 Å². The van der Waals surface area contributed by atoms with E-state index in [-0.39, 0.29) is 19.1 Å². The van der Waals surface area contributed by atoms with Crippen LogP contribution < -0.4 is 25.5 Å². The second-order valence-electron chi connectivity index (χ2n) is 8.71. The fraction of sp³-hybridized carbons (Fsp3) is 0.241. The second kappa shape index (κ2) is 14.3. The molecule has 0 fully saturated rings. The Morgan fingerprint density at radius 1 is 0.974 bits per heavy atom. The molecule has 0 spiro atoms. The Morgan fingerprint density at radius 2 is 1.72 bits per heavy atom. The molecule has 3 aromatic rings. The zero-order chi connectivity index (χ0) is 28.4. The van der Waals surface area contributed by atoms with Crippen LogP contribution in [0.1, 0.15) is 34.7 Å². The lowest BCUT2D eigenvalue weighted by molar-refractivity contribution is -0.139. The summed E-state index contributed by atoms with van der Waals surface area (Å²) in [6.07, 6.45) is 1.40. The molecule has 0 saturated carbocycles. The minimum atomic E-state index is -0.882. The van der Waals surface area contributed by atoms with Crippen molar-refractivity contribution in [3.63, 3.8) is 0 Å². The number of halogens is 1. The fourth-order valence-corrected chi connectivity index (χ4v) is 4.24. The maximum Gasteiger partial charge on any atom is 0.329 e. The van der Waals surface area contributed by atoms with Crippen LogP contribution in [0.5, 0.6) is 11.5 Å². The van der Waals surface area contributed by atoms with E-state index in [0.29, 0.717) is 27.2 Å². The summed E-state index contributed by atoms with van der Waals surface area (Å²) < 4.78 is 12.2. The lowest BCUT2D eigenvalue weighted by Gasteiger charge is -2.15. The molecular formula is C29H31IN4O5. The summed E-state index contributed by atoms with van der Waals surface area (Å²) in [6, 6.07) is 16.8. The maximum absolute atomic E-state index is 12.5. The summed E-state index contributed by atoms with van der Waals surface area (Å²) in [4.78, 5) is 36.7. The first kappa shape index (κ1) is 29.6. The van der Waals surface area contributed by atoms with Gasteiger partial charge in [0.15, 0.2) is 18.1 Å². The Labute approximate surface area is 241 Å². The summed E-state index contributed by atoms with van der Waals surface area (Å²) in [7, 11) is 0. The third-order valence-corrected chi connectivity index (χ3v) is 6.52. The summed E-state index contributed by atoms with van der Waals surface area (Å²) in [5.41, 5.74) is 7.64. The average molecular weight is 642 g/mol. The van der Waals surface area contributed by atoms with Crippen molar-refractivity contribution in [3.05, 3.63) is 86.0 Å². The molecule has 3 rings (SSSR count). The molecular weight excluding hydrogens is 611 g/mol. The third-order valence-electron chi connectivity index (χ3n) is 5.72. The first-order valence-corrected chi connectivity index (χ1v) is 13.4. The van der Waals surface area contributed by atoms with Crippen LogP contribution in [0.3, 0.4) is 0 Å². The Hall–Kier alpha value is -3.93. The van der Waals surface area contributed by atoms with Gasteiger partial charge in [0, 0.05) is 12.2 Å². The molecule has 0 unspecified atom stereocenters. The molecule has 0 bridgehead atoms. The van der Waals surface area contributed by atoms with Crippen LogP contribution in [0, 0.1) is 24.3 Å². The molecule has 0 saturated heterocycles. The topological polar surface area (TPSA) is 118 Å². The van der Waals surface area contributed by atoms with Crippen LogP contribution in [0.2, 0.25) is 0 Å². The van der Waals surface area contributed by atoms with Gasteiger partial charge >= 0.3 is 11.8 Å². The predicted molar refractivity (Wildman–Crippen MR) is 159 cm³/mol. The molecule has 0 aliphatic rings. The van der Waals surface area contributed by atoms with E-state index in [2.05, 4.69) is 43.8 Å². The van der Waals surface area contributed by atoms with Crippen molar-refractivity contribution < 1.29 is 23.9 Å². The van der Waals surface area contributed by atoms with Gasteiger partial charge in [0.05, 0.1) is 16.4 Å². The van der Waals surface area contributed by atoms with E-state index in [1.165, 1.54) is 6.21 Å². The number of hydrogen-bond acceptors (Lipinski definition) is 6. The molecule has 0 atom stereocenters. The number of carbonyl (C=O) groups excluding carboxylic acids is 3. The number of aryl methyl sites for hydroxylation is 2. The molecule has 0 heterocycles. The van der Waals surface area contributed by atoms with E-state index in [4.69, 9.17) is 9.47 Å². The quantitative estimate of drug-likeness (QED) is 0.131. The van der Waals surface area contributed by atoms with Crippen LogP contribution in [0.4, 0.5) is 5.69 Å². The highest BCUT2D eigenvalue weighted by molar-refractivity contribution is 14.1. The van der Waals surface area contributed by atoms with Gasteiger partial charge in [-0.3, -0.25) is 14.4 Å². The summed E-state index contributed by atoms with van der Waals surface area (Å²) >= 11 is 2.08. The SMILES string of the molecule is CCOc1cc(/C=N\NC(=O)C(=O)NCc2ccc(C)cc2)cc(I)c1OCC(=O)Nc1cccc(C)c1C. The number of benzene rings is 3. The van der Waals surface area contributed by atoms with Crippen molar-refractivity contribution >= 4 is 52.2 Å². The lowest BCUT2D eigenvalue weighted by atomic mass is 10.1. The largest absolute Gasteiger partial charge is 0.490 e. The molecule has 0 aliphatic carbocycles. The highest BCUT2D eigenvalue weighted by atomic mass is 127. The lowest BCUT2D eigenvalue weighted by Crippen LogP contribution is -2.37. The predicted octanol–water partition coefficient (Wildman–Crippen LogP) is 4.40. The van der Waals surface area contributed by atoms with Crippen LogP contribution in [0.25, 0.3) is 0 Å². The first-order chi connectivity index (χ1) is 18.7. The second-order valence-corrected chi connectivity index (χ2v) is 9.88. The average Bonchev–Trinajstić information content (AvgIpc) is 2.90. The van der Waals surface area contributed by atoms with Crippen molar-refractivity contribution in [1.82, 2.24) is 10.7 Å². The number of rotatable bonds is 10. The van der Waals surface area contributed by atoms with Crippen molar-refractivity contribution in [3.8, 4) is 11.5 Å². The first-order valence-electron chi connectivity index (χ1n) is 12.3. The number of nitrogens with zero attached hydrogens (tertiary/aromatic N) is 1. The van der Waals surface area contributed by atoms with E-state index in [1.54, 1.807) is 12.1 Å². The standard InChI is InChI=1S/C29H31IN4O5/c1-5-38-25-14-22(16-32-34-29(37)28(36)31-15-21-11-9-18(2)10-12-21)13-23(30)27(25)39-17-26(35)33-24-8-6-7-19(3)20(24)4/h6-14,16H,5,15,17H2,1-4H3,(H,31,36)(H,33,35)(H,34,37)/b32-16-. The maximum atomic E-state index is 12.5. The number of amides is 3. The van der Waals surface area contributed by atoms with E-state index >= 15 is 0 Å². The van der Waals surface area contributed by atoms with Gasteiger partial charge in [-0.15, -0.1) is 0 Å². The number of nitrogens with one attached hydrogen (secondary N) is 3. The van der Waals surface area contributed by atoms with Crippen molar-refractivity contribution in [2.45, 2.75) is 34.2 Å². The number of hydrazone groups is 1. The summed E-state index contributed by atoms with van der Waals surface area (Å²) in [5, 5.41) is 9.32. The van der Waals surface area contributed by atoms with E-state index < -0.39 is 11.8 Å². The molecule has 0 radical (unpaired) electrons. The summed E-state index contributed by atoms with van der Waals surface area (Å²) in [6.45, 7) is 8.14. The molecule has 0 aliphatic heterocycles. The van der Waals surface area contributed by atoms with Gasteiger partial charge < -0.3 is 20.1 Å². The Bertz CT molecular complexity index is 1370. The zero-order valence-corrected chi connectivity index (χ0v) is 24.4. The smallest absolute Gasteiger partial charge is 0.329 e. The molecule has 9 nitrogen and oxygen atoms in total. The minimum absolute atomic E-state index is 0.204. The number of ether oxygens (including phenoxy) is 2. The molecule has 3 amide bonds. The van der Waals surface area contributed by atoms with Gasteiger partial charge in [0.2, 0.25) is 0 Å². The molecule has 0 aromatic heterocycles. The Balaban J connectivity index is 1.58.